The summed E-state index contributed by atoms with van der Waals surface area (Å²) in [6.45, 7) is 1.05. The Morgan fingerprint density at radius 1 is 1.29 bits per heavy atom. The summed E-state index contributed by atoms with van der Waals surface area (Å²) < 4.78 is 0.902. The molecular formula is C14H18BrNO. The molecule has 92 valence electrons. The highest BCUT2D eigenvalue weighted by atomic mass is 79.9. The summed E-state index contributed by atoms with van der Waals surface area (Å²) in [6.07, 6.45) is 5.49. The molecule has 1 fully saturated rings. The topological polar surface area (TPSA) is 29.1 Å². The average molecular weight is 296 g/mol. The van der Waals surface area contributed by atoms with E-state index < -0.39 is 0 Å². The zero-order chi connectivity index (χ0) is 12.1. The van der Waals surface area contributed by atoms with Crippen LogP contribution < -0.4 is 5.32 Å². The molecule has 1 unspecified atom stereocenters. The molecule has 1 heterocycles. The van der Waals surface area contributed by atoms with Crippen LogP contribution in [0.15, 0.2) is 28.7 Å². The zero-order valence-corrected chi connectivity index (χ0v) is 11.5. The van der Waals surface area contributed by atoms with Gasteiger partial charge >= 0.3 is 0 Å². The number of halogens is 1. The molecule has 1 aromatic carbocycles. The molecule has 1 aliphatic rings. The van der Waals surface area contributed by atoms with E-state index in [0.717, 1.165) is 23.0 Å². The Balaban J connectivity index is 1.98. The highest BCUT2D eigenvalue weighted by Crippen LogP contribution is 2.20. The van der Waals surface area contributed by atoms with Crippen LogP contribution in [-0.2, 0) is 0 Å². The van der Waals surface area contributed by atoms with Gasteiger partial charge in [0.1, 0.15) is 0 Å². The van der Waals surface area contributed by atoms with Crippen LogP contribution in [0.25, 0.3) is 0 Å². The highest BCUT2D eigenvalue weighted by molar-refractivity contribution is 9.10. The first-order valence-electron chi connectivity index (χ1n) is 6.28. The van der Waals surface area contributed by atoms with Gasteiger partial charge in [-0.3, -0.25) is 4.79 Å². The number of benzene rings is 1. The number of hydrogen-bond donors (Lipinski definition) is 1. The molecule has 0 bridgehead atoms. The summed E-state index contributed by atoms with van der Waals surface area (Å²) in [5.41, 5.74) is 0.804. The van der Waals surface area contributed by atoms with Crippen LogP contribution in [0.1, 0.15) is 42.5 Å². The number of carbonyl (C=O) groups is 1. The summed E-state index contributed by atoms with van der Waals surface area (Å²) >= 11 is 3.44. The number of hydrogen-bond acceptors (Lipinski definition) is 2. The van der Waals surface area contributed by atoms with Crippen LogP contribution in [0, 0.1) is 0 Å². The Morgan fingerprint density at radius 2 is 2.12 bits per heavy atom. The second kappa shape index (κ2) is 6.31. The van der Waals surface area contributed by atoms with Crippen LogP contribution in [0.4, 0.5) is 0 Å². The Labute approximate surface area is 111 Å². The molecule has 0 saturated carbocycles. The Kier molecular flexibility index (Phi) is 4.75. The molecule has 17 heavy (non-hydrogen) atoms. The average Bonchev–Trinajstić information content (AvgIpc) is 2.58. The maximum atomic E-state index is 12.2. The zero-order valence-electron chi connectivity index (χ0n) is 9.92. The fourth-order valence-electron chi connectivity index (χ4n) is 2.30. The second-order valence-corrected chi connectivity index (χ2v) is 5.46. The van der Waals surface area contributed by atoms with Crippen LogP contribution in [0.2, 0.25) is 0 Å². The molecule has 1 saturated heterocycles. The predicted molar refractivity (Wildman–Crippen MR) is 73.3 cm³/mol. The minimum absolute atomic E-state index is 0.233. The van der Waals surface area contributed by atoms with E-state index in [1.165, 1.54) is 19.3 Å². The van der Waals surface area contributed by atoms with E-state index >= 15 is 0 Å². The molecule has 0 amide bonds. The Morgan fingerprint density at radius 3 is 2.94 bits per heavy atom. The maximum Gasteiger partial charge on any atom is 0.165 e. The normalized spacial score (nSPS) is 20.9. The van der Waals surface area contributed by atoms with Crippen molar-refractivity contribution in [1.82, 2.24) is 5.32 Å². The van der Waals surface area contributed by atoms with Crippen molar-refractivity contribution in [3.63, 3.8) is 0 Å². The van der Waals surface area contributed by atoms with Gasteiger partial charge in [0, 0.05) is 22.5 Å². The van der Waals surface area contributed by atoms with Crippen LogP contribution in [0.5, 0.6) is 0 Å². The Hall–Kier alpha value is -0.670. The van der Waals surface area contributed by atoms with Gasteiger partial charge in [0.2, 0.25) is 0 Å². The van der Waals surface area contributed by atoms with Gasteiger partial charge in [-0.2, -0.15) is 0 Å². The van der Waals surface area contributed by atoms with E-state index in [2.05, 4.69) is 21.2 Å². The molecule has 3 heteroatoms. The number of nitrogens with one attached hydrogen (secondary N) is 1. The lowest BCUT2D eigenvalue weighted by atomic mass is 10.0. The summed E-state index contributed by atoms with van der Waals surface area (Å²) in [5.74, 6) is 0.233. The van der Waals surface area contributed by atoms with E-state index in [1.807, 2.05) is 24.3 Å². The van der Waals surface area contributed by atoms with Crippen molar-refractivity contribution in [3.8, 4) is 0 Å². The highest BCUT2D eigenvalue weighted by Gasteiger charge is 2.17. The molecule has 1 atom stereocenters. The third kappa shape index (κ3) is 3.65. The molecule has 0 aliphatic carbocycles. The Bertz CT molecular complexity index is 384. The number of ketones is 1. The quantitative estimate of drug-likeness (QED) is 0.864. The smallest absolute Gasteiger partial charge is 0.165 e. The lowest BCUT2D eigenvalue weighted by Gasteiger charge is -2.15. The molecule has 0 radical (unpaired) electrons. The standard InChI is InChI=1S/C14H18BrNO/c15-13-8-4-3-7-12(13)14(17)10-11-6-2-1-5-9-16-11/h3-4,7-8,11,16H,1-2,5-6,9-10H2. The second-order valence-electron chi connectivity index (χ2n) is 4.61. The molecule has 0 spiro atoms. The van der Waals surface area contributed by atoms with Gasteiger partial charge in [0.15, 0.2) is 5.78 Å². The van der Waals surface area contributed by atoms with E-state index in [9.17, 15) is 4.79 Å². The SMILES string of the molecule is O=C(CC1CCCCCN1)c1ccccc1Br. The van der Waals surface area contributed by atoms with Crippen LogP contribution >= 0.6 is 15.9 Å². The van der Waals surface area contributed by atoms with Gasteiger partial charge in [-0.05, 0) is 25.5 Å². The fraction of sp³-hybridized carbons (Fsp3) is 0.500. The summed E-state index contributed by atoms with van der Waals surface area (Å²) in [7, 11) is 0. The molecule has 1 aromatic rings. The van der Waals surface area contributed by atoms with E-state index in [0.29, 0.717) is 12.5 Å². The lowest BCUT2D eigenvalue weighted by Crippen LogP contribution is -2.30. The van der Waals surface area contributed by atoms with Gasteiger partial charge in [-0.1, -0.05) is 47.0 Å². The molecular weight excluding hydrogens is 278 g/mol. The lowest BCUT2D eigenvalue weighted by molar-refractivity contribution is 0.0967. The van der Waals surface area contributed by atoms with Crippen molar-refractivity contribution in [2.75, 3.05) is 6.54 Å². The largest absolute Gasteiger partial charge is 0.314 e. The van der Waals surface area contributed by atoms with Crippen LogP contribution in [0.3, 0.4) is 0 Å². The van der Waals surface area contributed by atoms with Crippen molar-refractivity contribution in [3.05, 3.63) is 34.3 Å². The van der Waals surface area contributed by atoms with Gasteiger partial charge in [0.25, 0.3) is 0 Å². The summed E-state index contributed by atoms with van der Waals surface area (Å²) in [6, 6.07) is 8.03. The number of carbonyl (C=O) groups excluding carboxylic acids is 1. The first kappa shape index (κ1) is 12.8. The van der Waals surface area contributed by atoms with E-state index in [4.69, 9.17) is 0 Å². The third-order valence-electron chi connectivity index (χ3n) is 3.27. The molecule has 2 rings (SSSR count). The molecule has 2 nitrogen and oxygen atoms in total. The summed E-state index contributed by atoms with van der Waals surface area (Å²) in [4.78, 5) is 12.2. The monoisotopic (exact) mass is 295 g/mol. The van der Waals surface area contributed by atoms with Gasteiger partial charge in [-0.25, -0.2) is 0 Å². The number of rotatable bonds is 3. The van der Waals surface area contributed by atoms with Crippen LogP contribution in [-0.4, -0.2) is 18.4 Å². The minimum atomic E-state index is 0.233. The van der Waals surface area contributed by atoms with Crippen molar-refractivity contribution in [2.45, 2.75) is 38.1 Å². The van der Waals surface area contributed by atoms with E-state index in [-0.39, 0.29) is 5.78 Å². The van der Waals surface area contributed by atoms with Gasteiger partial charge in [-0.15, -0.1) is 0 Å². The van der Waals surface area contributed by atoms with Crippen molar-refractivity contribution < 1.29 is 4.79 Å². The molecule has 1 aliphatic heterocycles. The maximum absolute atomic E-state index is 12.2. The first-order valence-corrected chi connectivity index (χ1v) is 7.08. The minimum Gasteiger partial charge on any atom is -0.314 e. The molecule has 1 N–H and O–H groups in total. The van der Waals surface area contributed by atoms with Gasteiger partial charge in [0.05, 0.1) is 0 Å². The third-order valence-corrected chi connectivity index (χ3v) is 3.96. The van der Waals surface area contributed by atoms with Crippen molar-refractivity contribution in [1.29, 1.82) is 0 Å². The molecule has 0 aromatic heterocycles. The first-order chi connectivity index (χ1) is 8.27. The summed E-state index contributed by atoms with van der Waals surface area (Å²) in [5, 5.41) is 3.47. The fourth-order valence-corrected chi connectivity index (χ4v) is 2.80. The number of Topliss-reactive ketones (excluding diaryl/α,β-unsaturated/α-hetero) is 1. The predicted octanol–water partition coefficient (Wildman–Crippen LogP) is 3.55. The van der Waals surface area contributed by atoms with Gasteiger partial charge < -0.3 is 5.32 Å². The van der Waals surface area contributed by atoms with Crippen molar-refractivity contribution >= 4 is 21.7 Å². The van der Waals surface area contributed by atoms with Crippen molar-refractivity contribution in [2.24, 2.45) is 0 Å². The van der Waals surface area contributed by atoms with E-state index in [1.54, 1.807) is 0 Å².